The summed E-state index contributed by atoms with van der Waals surface area (Å²) >= 11 is 0. The lowest BCUT2D eigenvalue weighted by Gasteiger charge is -2.40. The first-order chi connectivity index (χ1) is 10.0. The Hall–Kier alpha value is -1.51. The summed E-state index contributed by atoms with van der Waals surface area (Å²) in [5.74, 6) is -0.340. The Kier molecular flexibility index (Phi) is 5.27. The number of nitrogens with one attached hydrogen (secondary N) is 1. The van der Waals surface area contributed by atoms with E-state index in [2.05, 4.69) is 5.32 Å². The zero-order chi connectivity index (χ0) is 15.4. The van der Waals surface area contributed by atoms with Crippen LogP contribution in [0.2, 0.25) is 0 Å². The van der Waals surface area contributed by atoms with E-state index in [1.165, 1.54) is 0 Å². The van der Waals surface area contributed by atoms with Gasteiger partial charge in [0.1, 0.15) is 30.5 Å². The van der Waals surface area contributed by atoms with Crippen molar-refractivity contribution in [3.05, 3.63) is 35.9 Å². The molecule has 0 aromatic heterocycles. The summed E-state index contributed by atoms with van der Waals surface area (Å²) in [5.41, 5.74) is 0.460. The first-order valence-corrected chi connectivity index (χ1v) is 6.68. The van der Waals surface area contributed by atoms with E-state index >= 15 is 0 Å². The van der Waals surface area contributed by atoms with E-state index in [-0.39, 0.29) is 12.5 Å². The molecule has 1 amide bonds. The number of carbonyl (C=O) groups is 1. The fourth-order valence-corrected chi connectivity index (χ4v) is 2.23. The van der Waals surface area contributed by atoms with Gasteiger partial charge in [-0.25, -0.2) is 0 Å². The summed E-state index contributed by atoms with van der Waals surface area (Å²) in [7, 11) is 0. The quantitative estimate of drug-likeness (QED) is 0.450. The normalized spacial score (nSPS) is 32.7. The zero-order valence-corrected chi connectivity index (χ0v) is 11.3. The minimum Gasteiger partial charge on any atom is -0.394 e. The summed E-state index contributed by atoms with van der Waals surface area (Å²) in [5, 5.41) is 40.8. The highest BCUT2D eigenvalue weighted by molar-refractivity contribution is 5.94. The van der Waals surface area contributed by atoms with Crippen molar-refractivity contribution in [1.29, 1.82) is 0 Å². The third-order valence-corrected chi connectivity index (χ3v) is 3.49. The molecule has 5 N–H and O–H groups in total. The SMILES string of the molecule is O=C(NC[C@H]1OC(CO)[C@@H](O)C(O)[C@H]1O)c1ccccc1. The molecule has 1 heterocycles. The lowest BCUT2D eigenvalue weighted by molar-refractivity contribution is -0.227. The number of carbonyl (C=O) groups excluding carboxylic acids is 1. The minimum absolute atomic E-state index is 0.0465. The summed E-state index contributed by atoms with van der Waals surface area (Å²) in [4.78, 5) is 11.9. The molecule has 1 aromatic rings. The zero-order valence-electron chi connectivity index (χ0n) is 11.3. The van der Waals surface area contributed by atoms with Crippen molar-refractivity contribution < 1.29 is 30.0 Å². The number of amides is 1. The van der Waals surface area contributed by atoms with Gasteiger partial charge in [-0.1, -0.05) is 18.2 Å². The number of ether oxygens (including phenoxy) is 1. The van der Waals surface area contributed by atoms with Crippen LogP contribution < -0.4 is 5.32 Å². The number of hydrogen-bond acceptors (Lipinski definition) is 6. The van der Waals surface area contributed by atoms with Gasteiger partial charge in [0.05, 0.1) is 6.61 Å². The van der Waals surface area contributed by atoms with Crippen molar-refractivity contribution in [2.45, 2.75) is 30.5 Å². The highest BCUT2D eigenvalue weighted by Gasteiger charge is 2.43. The second kappa shape index (κ2) is 6.97. The molecular weight excluding hydrogens is 278 g/mol. The Bertz CT molecular complexity index is 466. The van der Waals surface area contributed by atoms with Crippen LogP contribution >= 0.6 is 0 Å². The molecule has 5 atom stereocenters. The van der Waals surface area contributed by atoms with Gasteiger partial charge in [-0.15, -0.1) is 0 Å². The predicted molar refractivity (Wildman–Crippen MR) is 72.5 cm³/mol. The van der Waals surface area contributed by atoms with E-state index in [1.54, 1.807) is 30.3 Å². The van der Waals surface area contributed by atoms with Gasteiger partial charge < -0.3 is 30.5 Å². The molecule has 0 spiro atoms. The average molecular weight is 297 g/mol. The smallest absolute Gasteiger partial charge is 0.251 e. The fraction of sp³-hybridized carbons (Fsp3) is 0.500. The number of aliphatic hydroxyl groups is 4. The standard InChI is InChI=1S/C14H19NO6/c16-7-10-12(18)13(19)11(17)9(21-10)6-15-14(20)8-4-2-1-3-5-8/h1-5,9-13,16-19H,6-7H2,(H,15,20)/t9-,10?,11+,12-,13?/m1/s1. The average Bonchev–Trinajstić information content (AvgIpc) is 2.52. The van der Waals surface area contributed by atoms with E-state index < -0.39 is 37.1 Å². The van der Waals surface area contributed by atoms with Gasteiger partial charge in [0.2, 0.25) is 0 Å². The van der Waals surface area contributed by atoms with Crippen molar-refractivity contribution in [2.75, 3.05) is 13.2 Å². The third-order valence-electron chi connectivity index (χ3n) is 3.49. The monoisotopic (exact) mass is 297 g/mol. The van der Waals surface area contributed by atoms with Crippen LogP contribution in [0.5, 0.6) is 0 Å². The second-order valence-electron chi connectivity index (χ2n) is 4.94. The van der Waals surface area contributed by atoms with E-state index in [0.717, 1.165) is 0 Å². The largest absolute Gasteiger partial charge is 0.394 e. The van der Waals surface area contributed by atoms with Crippen LogP contribution in [-0.2, 0) is 4.74 Å². The van der Waals surface area contributed by atoms with Gasteiger partial charge in [-0.2, -0.15) is 0 Å². The number of rotatable bonds is 4. The van der Waals surface area contributed by atoms with Crippen LogP contribution in [0.4, 0.5) is 0 Å². The van der Waals surface area contributed by atoms with Gasteiger partial charge in [-0.3, -0.25) is 4.79 Å². The van der Waals surface area contributed by atoms with E-state index in [0.29, 0.717) is 5.56 Å². The Balaban J connectivity index is 1.94. The molecule has 0 saturated carbocycles. The van der Waals surface area contributed by atoms with Crippen LogP contribution in [0.3, 0.4) is 0 Å². The van der Waals surface area contributed by atoms with E-state index in [4.69, 9.17) is 9.84 Å². The molecule has 21 heavy (non-hydrogen) atoms. The molecular formula is C14H19NO6. The molecule has 1 aliphatic rings. The minimum atomic E-state index is -1.44. The van der Waals surface area contributed by atoms with Crippen LogP contribution in [0.25, 0.3) is 0 Å². The molecule has 7 nitrogen and oxygen atoms in total. The maximum absolute atomic E-state index is 11.9. The maximum atomic E-state index is 11.9. The summed E-state index contributed by atoms with van der Waals surface area (Å²) in [6.45, 7) is -0.538. The second-order valence-corrected chi connectivity index (χ2v) is 4.94. The Morgan fingerprint density at radius 2 is 1.67 bits per heavy atom. The molecule has 1 fully saturated rings. The van der Waals surface area contributed by atoms with Crippen molar-refractivity contribution in [3.8, 4) is 0 Å². The molecule has 1 aromatic carbocycles. The van der Waals surface area contributed by atoms with Crippen LogP contribution in [-0.4, -0.2) is 70.0 Å². The van der Waals surface area contributed by atoms with Gasteiger partial charge >= 0.3 is 0 Å². The van der Waals surface area contributed by atoms with E-state index in [1.807, 2.05) is 0 Å². The Labute approximate surface area is 121 Å². The topological polar surface area (TPSA) is 119 Å². The van der Waals surface area contributed by atoms with Crippen molar-refractivity contribution in [1.82, 2.24) is 5.32 Å². The van der Waals surface area contributed by atoms with Crippen molar-refractivity contribution >= 4 is 5.91 Å². The third kappa shape index (κ3) is 3.58. The summed E-state index contributed by atoms with van der Waals surface area (Å²) in [6, 6.07) is 8.52. The van der Waals surface area contributed by atoms with Gasteiger partial charge in [-0.05, 0) is 12.1 Å². The number of aliphatic hydroxyl groups excluding tert-OH is 4. The van der Waals surface area contributed by atoms with Crippen LogP contribution in [0, 0.1) is 0 Å². The first kappa shape index (κ1) is 15.9. The fourth-order valence-electron chi connectivity index (χ4n) is 2.23. The molecule has 0 radical (unpaired) electrons. The first-order valence-electron chi connectivity index (χ1n) is 6.68. The summed E-state index contributed by atoms with van der Waals surface area (Å²) in [6.07, 6.45) is -6.06. The lowest BCUT2D eigenvalue weighted by atomic mass is 9.95. The molecule has 1 saturated heterocycles. The predicted octanol–water partition coefficient (Wildman–Crippen LogP) is -1.74. The molecule has 116 valence electrons. The highest BCUT2D eigenvalue weighted by atomic mass is 16.5. The molecule has 0 bridgehead atoms. The van der Waals surface area contributed by atoms with Gasteiger partial charge in [0.15, 0.2) is 0 Å². The summed E-state index contributed by atoms with van der Waals surface area (Å²) < 4.78 is 5.29. The maximum Gasteiger partial charge on any atom is 0.251 e. The van der Waals surface area contributed by atoms with Gasteiger partial charge in [0, 0.05) is 12.1 Å². The van der Waals surface area contributed by atoms with Crippen molar-refractivity contribution in [2.24, 2.45) is 0 Å². The molecule has 2 unspecified atom stereocenters. The molecule has 1 aliphatic heterocycles. The van der Waals surface area contributed by atoms with Crippen molar-refractivity contribution in [3.63, 3.8) is 0 Å². The molecule has 2 rings (SSSR count). The number of benzene rings is 1. The Morgan fingerprint density at radius 1 is 1.05 bits per heavy atom. The number of hydrogen-bond donors (Lipinski definition) is 5. The van der Waals surface area contributed by atoms with Crippen LogP contribution in [0.1, 0.15) is 10.4 Å². The van der Waals surface area contributed by atoms with Gasteiger partial charge in [0.25, 0.3) is 5.91 Å². The molecule has 7 heteroatoms. The Morgan fingerprint density at radius 3 is 2.29 bits per heavy atom. The lowest BCUT2D eigenvalue weighted by Crippen LogP contribution is -2.60. The van der Waals surface area contributed by atoms with Crippen LogP contribution in [0.15, 0.2) is 30.3 Å². The van der Waals surface area contributed by atoms with E-state index in [9.17, 15) is 20.1 Å². The highest BCUT2D eigenvalue weighted by Crippen LogP contribution is 2.20. The molecule has 0 aliphatic carbocycles.